The van der Waals surface area contributed by atoms with Gasteiger partial charge in [0.05, 0.1) is 18.7 Å². The summed E-state index contributed by atoms with van der Waals surface area (Å²) in [6, 6.07) is -2.66. The van der Waals surface area contributed by atoms with E-state index < -0.39 is 73.1 Å². The van der Waals surface area contributed by atoms with E-state index in [0.717, 1.165) is 6.42 Å². The Morgan fingerprint density at radius 3 is 2.39 bits per heavy atom. The zero-order valence-electron chi connectivity index (χ0n) is 20.5. The van der Waals surface area contributed by atoms with Gasteiger partial charge in [0.15, 0.2) is 6.29 Å². The lowest BCUT2D eigenvalue weighted by Gasteiger charge is -2.47. The molecule has 16 N–H and O–H groups in total. The summed E-state index contributed by atoms with van der Waals surface area (Å²) in [6.07, 6.45) is -8.42. The minimum absolute atomic E-state index is 0.0723. The van der Waals surface area contributed by atoms with Crippen LogP contribution in [0.15, 0.2) is 0 Å². The van der Waals surface area contributed by atoms with Gasteiger partial charge in [0.1, 0.15) is 42.7 Å². The Kier molecular flexibility index (Phi) is 13.3. The zero-order valence-corrected chi connectivity index (χ0v) is 20.5. The van der Waals surface area contributed by atoms with E-state index in [0.29, 0.717) is 19.6 Å². The number of hydrogen-bond donors (Lipinski definition) is 11. The standard InChI is InChI=1S/C21H45N7O8/c22-3-1-5-27-6-7-34-19-11(28-20(33)12(29)2-4-23)8-10(25)18(17(19)32)36-21-14(26)16(31)15(30)13(9-24)35-21/h10-19,21,27,29-32H,1-9,22-26H2,(H,28,33)/t10?,11?,12-,13?,14?,15?,16?,17?,18?,19?,21?/m0/s1. The van der Waals surface area contributed by atoms with Gasteiger partial charge in [-0.15, -0.1) is 0 Å². The number of ether oxygens (including phenoxy) is 3. The molecule has 2 rings (SSSR count). The molecule has 1 aliphatic carbocycles. The summed E-state index contributed by atoms with van der Waals surface area (Å²) in [5.74, 6) is -0.653. The lowest BCUT2D eigenvalue weighted by atomic mass is 9.83. The topological polar surface area (TPSA) is 280 Å². The number of hydrogen-bond acceptors (Lipinski definition) is 14. The molecular formula is C21H45N7O8. The Morgan fingerprint density at radius 2 is 1.75 bits per heavy atom. The van der Waals surface area contributed by atoms with Crippen LogP contribution in [0.25, 0.3) is 0 Å². The number of carbonyl (C=O) groups is 1. The van der Waals surface area contributed by atoms with Crippen LogP contribution >= 0.6 is 0 Å². The van der Waals surface area contributed by atoms with Crippen LogP contribution in [0.2, 0.25) is 0 Å². The van der Waals surface area contributed by atoms with Crippen LogP contribution in [0.5, 0.6) is 0 Å². The van der Waals surface area contributed by atoms with Gasteiger partial charge < -0.3 is 73.9 Å². The van der Waals surface area contributed by atoms with Crippen molar-refractivity contribution in [2.45, 2.75) is 86.4 Å². The van der Waals surface area contributed by atoms with Gasteiger partial charge in [-0.05, 0) is 38.9 Å². The van der Waals surface area contributed by atoms with Crippen LogP contribution in [0.3, 0.4) is 0 Å². The number of amides is 1. The van der Waals surface area contributed by atoms with Crippen LogP contribution < -0.4 is 39.3 Å². The molecule has 1 heterocycles. The van der Waals surface area contributed by atoms with Crippen molar-refractivity contribution in [2.75, 3.05) is 39.3 Å². The highest BCUT2D eigenvalue weighted by atomic mass is 16.7. The Labute approximate surface area is 211 Å². The van der Waals surface area contributed by atoms with Gasteiger partial charge in [-0.3, -0.25) is 4.79 Å². The SMILES string of the molecule is NCCCNCCOC1C(NC(=O)[C@@H](O)CCN)CC(N)C(OC2OC(CN)C(O)C(O)C2N)C1O. The molecule has 0 bridgehead atoms. The van der Waals surface area contributed by atoms with Crippen LogP contribution in [0.1, 0.15) is 19.3 Å². The highest BCUT2D eigenvalue weighted by Gasteiger charge is 2.49. The van der Waals surface area contributed by atoms with E-state index in [-0.39, 0.29) is 32.5 Å². The average Bonchev–Trinajstić information content (AvgIpc) is 2.85. The number of aliphatic hydroxyl groups is 4. The van der Waals surface area contributed by atoms with Gasteiger partial charge in [0.25, 0.3) is 0 Å². The molecule has 36 heavy (non-hydrogen) atoms. The second-order valence-corrected chi connectivity index (χ2v) is 9.26. The number of carbonyl (C=O) groups excluding carboxylic acids is 1. The normalized spacial score (nSPS) is 38.0. The minimum atomic E-state index is -1.36. The number of rotatable bonds is 14. The van der Waals surface area contributed by atoms with E-state index >= 15 is 0 Å². The average molecular weight is 524 g/mol. The van der Waals surface area contributed by atoms with Gasteiger partial charge in [-0.2, -0.15) is 0 Å². The Bertz CT molecular complexity index is 651. The van der Waals surface area contributed by atoms with Crippen molar-refractivity contribution in [3.05, 3.63) is 0 Å². The maximum Gasteiger partial charge on any atom is 0.249 e. The molecule has 1 saturated heterocycles. The second kappa shape index (κ2) is 15.4. The van der Waals surface area contributed by atoms with Crippen LogP contribution in [-0.2, 0) is 19.0 Å². The Balaban J connectivity index is 2.12. The maximum absolute atomic E-state index is 12.4. The zero-order chi connectivity index (χ0) is 26.8. The third kappa shape index (κ3) is 8.22. The molecule has 1 amide bonds. The summed E-state index contributed by atoms with van der Waals surface area (Å²) in [5.41, 5.74) is 28.8. The van der Waals surface area contributed by atoms with E-state index in [1.54, 1.807) is 0 Å². The fourth-order valence-electron chi connectivity index (χ4n) is 4.39. The summed E-state index contributed by atoms with van der Waals surface area (Å²) in [6.45, 7) is 1.95. The molecule has 1 aliphatic heterocycles. The van der Waals surface area contributed by atoms with E-state index in [2.05, 4.69) is 10.6 Å². The summed E-state index contributed by atoms with van der Waals surface area (Å²) < 4.78 is 17.5. The smallest absolute Gasteiger partial charge is 0.249 e. The van der Waals surface area contributed by atoms with Crippen molar-refractivity contribution >= 4 is 5.91 Å². The van der Waals surface area contributed by atoms with Crippen molar-refractivity contribution in [3.8, 4) is 0 Å². The minimum Gasteiger partial charge on any atom is -0.388 e. The molecule has 10 unspecified atom stereocenters. The quantitative estimate of drug-likeness (QED) is 0.0945. The molecule has 212 valence electrons. The highest BCUT2D eigenvalue weighted by molar-refractivity contribution is 5.80. The predicted molar refractivity (Wildman–Crippen MR) is 129 cm³/mol. The van der Waals surface area contributed by atoms with Crippen molar-refractivity contribution in [1.29, 1.82) is 0 Å². The third-order valence-corrected chi connectivity index (χ3v) is 6.51. The second-order valence-electron chi connectivity index (χ2n) is 9.26. The molecule has 2 fully saturated rings. The molecule has 11 atom stereocenters. The van der Waals surface area contributed by atoms with Crippen molar-refractivity contribution in [2.24, 2.45) is 28.7 Å². The highest BCUT2D eigenvalue weighted by Crippen LogP contribution is 2.29. The van der Waals surface area contributed by atoms with Gasteiger partial charge in [0, 0.05) is 19.1 Å². The van der Waals surface area contributed by atoms with Gasteiger partial charge >= 0.3 is 0 Å². The molecule has 0 spiro atoms. The molecule has 15 nitrogen and oxygen atoms in total. The van der Waals surface area contributed by atoms with Crippen LogP contribution in [-0.4, -0.2) is 133 Å². The van der Waals surface area contributed by atoms with Crippen molar-refractivity contribution in [1.82, 2.24) is 10.6 Å². The van der Waals surface area contributed by atoms with Crippen molar-refractivity contribution in [3.63, 3.8) is 0 Å². The first-order chi connectivity index (χ1) is 17.2. The molecule has 15 heteroatoms. The van der Waals surface area contributed by atoms with E-state index in [4.69, 9.17) is 42.9 Å². The lowest BCUT2D eigenvalue weighted by molar-refractivity contribution is -0.289. The third-order valence-electron chi connectivity index (χ3n) is 6.51. The summed E-state index contributed by atoms with van der Waals surface area (Å²) >= 11 is 0. The monoisotopic (exact) mass is 523 g/mol. The van der Waals surface area contributed by atoms with Crippen LogP contribution in [0.4, 0.5) is 0 Å². The summed E-state index contributed by atoms with van der Waals surface area (Å²) in [7, 11) is 0. The summed E-state index contributed by atoms with van der Waals surface area (Å²) in [5, 5.41) is 47.4. The first-order valence-corrected chi connectivity index (χ1v) is 12.4. The molecule has 0 aromatic carbocycles. The lowest BCUT2D eigenvalue weighted by Crippen LogP contribution is -2.68. The maximum atomic E-state index is 12.4. The fourth-order valence-corrected chi connectivity index (χ4v) is 4.39. The van der Waals surface area contributed by atoms with E-state index in [9.17, 15) is 25.2 Å². The fraction of sp³-hybridized carbons (Fsp3) is 0.952. The first kappa shape index (κ1) is 31.2. The predicted octanol–water partition coefficient (Wildman–Crippen LogP) is -6.29. The first-order valence-electron chi connectivity index (χ1n) is 12.4. The number of nitrogens with one attached hydrogen (secondary N) is 2. The molecule has 2 aliphatic rings. The molecule has 0 aromatic heterocycles. The largest absolute Gasteiger partial charge is 0.388 e. The summed E-state index contributed by atoms with van der Waals surface area (Å²) in [4.78, 5) is 12.4. The van der Waals surface area contributed by atoms with Gasteiger partial charge in [0.2, 0.25) is 5.91 Å². The van der Waals surface area contributed by atoms with Gasteiger partial charge in [-0.25, -0.2) is 0 Å². The number of aliphatic hydroxyl groups excluding tert-OH is 4. The molecule has 1 saturated carbocycles. The molecule has 0 radical (unpaired) electrons. The van der Waals surface area contributed by atoms with Crippen molar-refractivity contribution < 1.29 is 39.4 Å². The number of nitrogens with two attached hydrogens (primary N) is 5. The van der Waals surface area contributed by atoms with E-state index in [1.807, 2.05) is 0 Å². The molecular weight excluding hydrogens is 478 g/mol. The van der Waals surface area contributed by atoms with Gasteiger partial charge in [-0.1, -0.05) is 0 Å². The molecule has 0 aromatic rings. The van der Waals surface area contributed by atoms with E-state index in [1.165, 1.54) is 0 Å². The Hall–Kier alpha value is -1.05. The Morgan fingerprint density at radius 1 is 1.03 bits per heavy atom. The van der Waals surface area contributed by atoms with Crippen LogP contribution in [0, 0.1) is 0 Å².